The number of nitrogens with zero attached hydrogens (tertiary/aromatic N) is 1. The molecule has 0 aliphatic rings. The first kappa shape index (κ1) is 13.5. The molecule has 0 bridgehead atoms. The zero-order valence-electron chi connectivity index (χ0n) is 10.4. The first-order valence-electron chi connectivity index (χ1n) is 5.81. The molecule has 1 amide bonds. The van der Waals surface area contributed by atoms with Gasteiger partial charge >= 0.3 is 5.97 Å². The summed E-state index contributed by atoms with van der Waals surface area (Å²) in [6.45, 7) is 0.288. The van der Waals surface area contributed by atoms with E-state index in [-0.39, 0.29) is 23.4 Å². The number of amides is 1. The molecule has 0 fully saturated rings. The summed E-state index contributed by atoms with van der Waals surface area (Å²) in [7, 11) is 0. The maximum absolute atomic E-state index is 11.9. The summed E-state index contributed by atoms with van der Waals surface area (Å²) in [5.74, 6) is -2.08. The van der Waals surface area contributed by atoms with Crippen molar-refractivity contribution < 1.29 is 19.8 Å². The highest BCUT2D eigenvalue weighted by Crippen LogP contribution is 2.18. The normalized spacial score (nSPS) is 10.0. The van der Waals surface area contributed by atoms with Gasteiger partial charge in [-0.2, -0.15) is 0 Å². The molecule has 6 nitrogen and oxygen atoms in total. The molecule has 20 heavy (non-hydrogen) atoms. The highest BCUT2D eigenvalue weighted by atomic mass is 16.4. The van der Waals surface area contributed by atoms with E-state index in [2.05, 4.69) is 10.3 Å². The summed E-state index contributed by atoms with van der Waals surface area (Å²) in [6.07, 6.45) is 3.25. The van der Waals surface area contributed by atoms with E-state index in [0.717, 1.165) is 11.6 Å². The van der Waals surface area contributed by atoms with Crippen molar-refractivity contribution in [2.24, 2.45) is 0 Å². The average molecular weight is 272 g/mol. The summed E-state index contributed by atoms with van der Waals surface area (Å²) in [5, 5.41) is 20.9. The number of hydrogen-bond donors (Lipinski definition) is 3. The minimum Gasteiger partial charge on any atom is -0.507 e. The Hall–Kier alpha value is -2.89. The quantitative estimate of drug-likeness (QED) is 0.781. The number of aromatic carboxylic acids is 1. The lowest BCUT2D eigenvalue weighted by Crippen LogP contribution is -2.23. The van der Waals surface area contributed by atoms with E-state index in [0.29, 0.717) is 0 Å². The van der Waals surface area contributed by atoms with Crippen LogP contribution in [0.15, 0.2) is 42.7 Å². The predicted molar refractivity (Wildman–Crippen MR) is 70.5 cm³/mol. The third-order valence-electron chi connectivity index (χ3n) is 2.67. The number of carbonyl (C=O) groups is 2. The molecule has 0 aliphatic carbocycles. The molecular formula is C14H12N2O4. The Morgan fingerprint density at radius 1 is 1.25 bits per heavy atom. The maximum Gasteiger partial charge on any atom is 0.339 e. The average Bonchev–Trinajstić information content (AvgIpc) is 2.46. The van der Waals surface area contributed by atoms with Crippen molar-refractivity contribution in [3.8, 4) is 5.75 Å². The number of carboxylic acid groups (broad SMARTS) is 1. The molecule has 0 radical (unpaired) electrons. The molecule has 6 heteroatoms. The third kappa shape index (κ3) is 3.11. The molecule has 0 saturated carbocycles. The summed E-state index contributed by atoms with van der Waals surface area (Å²) in [4.78, 5) is 26.7. The maximum atomic E-state index is 11.9. The minimum absolute atomic E-state index is 0.170. The van der Waals surface area contributed by atoms with Gasteiger partial charge in [0.2, 0.25) is 0 Å². The number of nitrogens with one attached hydrogen (secondary N) is 1. The summed E-state index contributed by atoms with van der Waals surface area (Å²) in [5.41, 5.74) is 0.696. The number of aromatic hydroxyl groups is 1. The zero-order chi connectivity index (χ0) is 14.5. The van der Waals surface area contributed by atoms with Crippen LogP contribution in [0.4, 0.5) is 0 Å². The lowest BCUT2D eigenvalue weighted by atomic mass is 10.1. The van der Waals surface area contributed by atoms with E-state index in [1.54, 1.807) is 18.5 Å². The topological polar surface area (TPSA) is 99.5 Å². The molecule has 2 aromatic rings. The predicted octanol–water partition coefficient (Wildman–Crippen LogP) is 1.42. The Morgan fingerprint density at radius 3 is 2.70 bits per heavy atom. The monoisotopic (exact) mass is 272 g/mol. The first-order chi connectivity index (χ1) is 9.58. The van der Waals surface area contributed by atoms with Crippen molar-refractivity contribution in [2.75, 3.05) is 0 Å². The molecule has 0 aliphatic heterocycles. The van der Waals surface area contributed by atoms with E-state index in [4.69, 9.17) is 5.11 Å². The largest absolute Gasteiger partial charge is 0.507 e. The van der Waals surface area contributed by atoms with Gasteiger partial charge in [-0.05, 0) is 29.8 Å². The van der Waals surface area contributed by atoms with E-state index in [9.17, 15) is 14.7 Å². The van der Waals surface area contributed by atoms with Crippen molar-refractivity contribution >= 4 is 11.9 Å². The van der Waals surface area contributed by atoms with E-state index < -0.39 is 11.9 Å². The number of carbonyl (C=O) groups excluding carboxylic acids is 1. The fourth-order valence-corrected chi connectivity index (χ4v) is 1.64. The molecule has 1 heterocycles. The van der Waals surface area contributed by atoms with Crippen LogP contribution >= 0.6 is 0 Å². The molecular weight excluding hydrogens is 260 g/mol. The van der Waals surface area contributed by atoms with Gasteiger partial charge in [-0.1, -0.05) is 6.07 Å². The van der Waals surface area contributed by atoms with Gasteiger partial charge in [-0.25, -0.2) is 4.79 Å². The highest BCUT2D eigenvalue weighted by molar-refractivity contribution is 5.98. The standard InChI is InChI=1S/C14H12N2O4/c17-12-4-3-10(6-11(12)14(19)20)13(18)16-8-9-2-1-5-15-7-9/h1-7,17H,8H2,(H,16,18)(H,19,20). The van der Waals surface area contributed by atoms with Gasteiger partial charge in [0.1, 0.15) is 11.3 Å². The second-order valence-corrected chi connectivity index (χ2v) is 4.08. The van der Waals surface area contributed by atoms with E-state index in [1.165, 1.54) is 12.1 Å². The number of phenols is 1. The third-order valence-corrected chi connectivity index (χ3v) is 2.67. The number of carboxylic acids is 1. The van der Waals surface area contributed by atoms with Gasteiger partial charge < -0.3 is 15.5 Å². The Morgan fingerprint density at radius 2 is 2.05 bits per heavy atom. The van der Waals surface area contributed by atoms with Crippen molar-refractivity contribution in [3.63, 3.8) is 0 Å². The molecule has 0 unspecified atom stereocenters. The van der Waals surface area contributed by atoms with E-state index in [1.807, 2.05) is 6.07 Å². The zero-order valence-corrected chi connectivity index (χ0v) is 10.4. The van der Waals surface area contributed by atoms with Crippen LogP contribution in [-0.2, 0) is 6.54 Å². The summed E-state index contributed by atoms with van der Waals surface area (Å²) < 4.78 is 0. The second kappa shape index (κ2) is 5.83. The van der Waals surface area contributed by atoms with Crippen molar-refractivity contribution in [1.82, 2.24) is 10.3 Å². The fourth-order valence-electron chi connectivity index (χ4n) is 1.64. The van der Waals surface area contributed by atoms with Gasteiger partial charge in [0.15, 0.2) is 0 Å². The Kier molecular flexibility index (Phi) is 3.95. The van der Waals surface area contributed by atoms with Crippen LogP contribution in [0.2, 0.25) is 0 Å². The number of benzene rings is 1. The highest BCUT2D eigenvalue weighted by Gasteiger charge is 2.13. The minimum atomic E-state index is -1.29. The fraction of sp³-hybridized carbons (Fsp3) is 0.0714. The lowest BCUT2D eigenvalue weighted by Gasteiger charge is -2.06. The van der Waals surface area contributed by atoms with Crippen LogP contribution in [0, 0.1) is 0 Å². The number of hydrogen-bond acceptors (Lipinski definition) is 4. The van der Waals surface area contributed by atoms with Crippen LogP contribution in [0.1, 0.15) is 26.3 Å². The molecule has 0 atom stereocenters. The molecule has 2 rings (SSSR count). The van der Waals surface area contributed by atoms with Crippen LogP contribution in [-0.4, -0.2) is 27.1 Å². The Bertz CT molecular complexity index is 641. The SMILES string of the molecule is O=C(NCc1cccnc1)c1ccc(O)c(C(=O)O)c1. The molecule has 1 aromatic heterocycles. The van der Waals surface area contributed by atoms with Crippen LogP contribution < -0.4 is 5.32 Å². The molecule has 3 N–H and O–H groups in total. The lowest BCUT2D eigenvalue weighted by molar-refractivity contribution is 0.0693. The molecule has 102 valence electrons. The molecule has 0 spiro atoms. The van der Waals surface area contributed by atoms with E-state index >= 15 is 0 Å². The summed E-state index contributed by atoms with van der Waals surface area (Å²) in [6, 6.07) is 7.25. The Labute approximate surface area is 114 Å². The van der Waals surface area contributed by atoms with Gasteiger partial charge in [0.25, 0.3) is 5.91 Å². The molecule has 1 aromatic carbocycles. The van der Waals surface area contributed by atoms with Crippen molar-refractivity contribution in [3.05, 3.63) is 59.4 Å². The molecule has 0 saturated heterocycles. The van der Waals surface area contributed by atoms with Crippen molar-refractivity contribution in [2.45, 2.75) is 6.54 Å². The van der Waals surface area contributed by atoms with Gasteiger partial charge in [0.05, 0.1) is 0 Å². The first-order valence-corrected chi connectivity index (χ1v) is 5.81. The van der Waals surface area contributed by atoms with Crippen molar-refractivity contribution in [1.29, 1.82) is 0 Å². The van der Waals surface area contributed by atoms with Crippen LogP contribution in [0.5, 0.6) is 5.75 Å². The number of pyridine rings is 1. The van der Waals surface area contributed by atoms with Gasteiger partial charge in [0, 0.05) is 24.5 Å². The van der Waals surface area contributed by atoms with Crippen LogP contribution in [0.25, 0.3) is 0 Å². The smallest absolute Gasteiger partial charge is 0.339 e. The second-order valence-electron chi connectivity index (χ2n) is 4.08. The number of rotatable bonds is 4. The summed E-state index contributed by atoms with van der Waals surface area (Å²) >= 11 is 0. The van der Waals surface area contributed by atoms with Gasteiger partial charge in [-0.15, -0.1) is 0 Å². The van der Waals surface area contributed by atoms with Gasteiger partial charge in [-0.3, -0.25) is 9.78 Å². The van der Waals surface area contributed by atoms with Crippen LogP contribution in [0.3, 0.4) is 0 Å². The Balaban J connectivity index is 2.10. The number of aromatic nitrogens is 1.